The maximum atomic E-state index is 12.7. The molecule has 8 heteroatoms. The van der Waals surface area contributed by atoms with Crippen molar-refractivity contribution in [3.8, 4) is 0 Å². The molecular weight excluding hydrogens is 314 g/mol. The number of H-pyrrole nitrogens is 1. The highest BCUT2D eigenvalue weighted by Gasteiger charge is 2.42. The number of nitrogens with one attached hydrogen (secondary N) is 1. The SMILES string of the molecule is CC(C)(C)OC(=O)N1CCc2[nH]n(C(C)(C)C)c(=O)c2C1C(=O)O. The Bertz CT molecular complexity index is 718. The minimum Gasteiger partial charge on any atom is -0.479 e. The van der Waals surface area contributed by atoms with Crippen LogP contribution in [0, 0.1) is 0 Å². The average molecular weight is 339 g/mol. The number of carbonyl (C=O) groups excluding carboxylic acids is 1. The first-order valence-corrected chi connectivity index (χ1v) is 7.89. The molecule has 1 atom stereocenters. The Balaban J connectivity index is 2.50. The van der Waals surface area contributed by atoms with E-state index in [1.165, 1.54) is 4.68 Å². The van der Waals surface area contributed by atoms with Gasteiger partial charge in [0, 0.05) is 18.7 Å². The summed E-state index contributed by atoms with van der Waals surface area (Å²) in [6.45, 7) is 10.8. The van der Waals surface area contributed by atoms with Gasteiger partial charge in [0.1, 0.15) is 5.60 Å². The molecule has 0 bridgehead atoms. The zero-order chi connectivity index (χ0) is 18.4. The maximum absolute atomic E-state index is 12.7. The summed E-state index contributed by atoms with van der Waals surface area (Å²) < 4.78 is 6.70. The van der Waals surface area contributed by atoms with Crippen LogP contribution in [0.1, 0.15) is 58.8 Å². The molecule has 1 aliphatic rings. The van der Waals surface area contributed by atoms with Gasteiger partial charge in [0.2, 0.25) is 0 Å². The van der Waals surface area contributed by atoms with Crippen molar-refractivity contribution in [1.29, 1.82) is 0 Å². The number of aliphatic carboxylic acids is 1. The van der Waals surface area contributed by atoms with E-state index in [9.17, 15) is 19.5 Å². The molecule has 1 amide bonds. The Morgan fingerprint density at radius 2 is 1.79 bits per heavy atom. The Kier molecular flexibility index (Phi) is 4.28. The monoisotopic (exact) mass is 339 g/mol. The van der Waals surface area contributed by atoms with Crippen LogP contribution in [0.2, 0.25) is 0 Å². The van der Waals surface area contributed by atoms with Gasteiger partial charge in [-0.15, -0.1) is 0 Å². The van der Waals surface area contributed by atoms with E-state index in [4.69, 9.17) is 4.74 Å². The van der Waals surface area contributed by atoms with E-state index in [0.29, 0.717) is 12.1 Å². The van der Waals surface area contributed by atoms with Crippen molar-refractivity contribution in [3.63, 3.8) is 0 Å². The number of hydrogen-bond donors (Lipinski definition) is 2. The summed E-state index contributed by atoms with van der Waals surface area (Å²) in [5.41, 5.74) is -1.02. The number of ether oxygens (including phenoxy) is 1. The Labute approximate surface area is 140 Å². The van der Waals surface area contributed by atoms with Crippen molar-refractivity contribution in [1.82, 2.24) is 14.7 Å². The van der Waals surface area contributed by atoms with Gasteiger partial charge in [-0.25, -0.2) is 14.3 Å². The van der Waals surface area contributed by atoms with Crippen LogP contribution in [-0.4, -0.2) is 44.0 Å². The molecule has 8 nitrogen and oxygen atoms in total. The van der Waals surface area contributed by atoms with Crippen molar-refractivity contribution in [3.05, 3.63) is 21.6 Å². The molecule has 2 rings (SSSR count). The van der Waals surface area contributed by atoms with Gasteiger partial charge in [-0.3, -0.25) is 14.8 Å². The molecule has 0 aliphatic carbocycles. The summed E-state index contributed by atoms with van der Waals surface area (Å²) in [5, 5.41) is 12.6. The van der Waals surface area contributed by atoms with Crippen LogP contribution in [0.15, 0.2) is 4.79 Å². The van der Waals surface area contributed by atoms with E-state index in [0.717, 1.165) is 4.90 Å². The summed E-state index contributed by atoms with van der Waals surface area (Å²) in [6, 6.07) is -1.35. The van der Waals surface area contributed by atoms with Crippen LogP contribution < -0.4 is 5.56 Å². The van der Waals surface area contributed by atoms with Gasteiger partial charge >= 0.3 is 12.1 Å². The highest BCUT2D eigenvalue weighted by atomic mass is 16.6. The quantitative estimate of drug-likeness (QED) is 0.812. The van der Waals surface area contributed by atoms with Crippen molar-refractivity contribution < 1.29 is 19.4 Å². The van der Waals surface area contributed by atoms with Gasteiger partial charge in [0.25, 0.3) is 5.56 Å². The summed E-state index contributed by atoms with van der Waals surface area (Å²) in [7, 11) is 0. The number of fused-ring (bicyclic) bond motifs is 1. The summed E-state index contributed by atoms with van der Waals surface area (Å²) in [4.78, 5) is 38.0. The lowest BCUT2D eigenvalue weighted by Crippen LogP contribution is -2.47. The highest BCUT2D eigenvalue weighted by molar-refractivity contribution is 5.82. The molecule has 0 aromatic carbocycles. The molecule has 0 fully saturated rings. The standard InChI is InChI=1S/C16H25N3O5/c1-15(2,3)19-12(20)10-9(17-19)7-8-18(11(10)13(21)22)14(23)24-16(4,5)6/h11,17H,7-8H2,1-6H3,(H,21,22). The number of hydrogen-bond acceptors (Lipinski definition) is 4. The fraction of sp³-hybridized carbons (Fsp3) is 0.688. The molecule has 0 saturated carbocycles. The minimum absolute atomic E-state index is 0.106. The lowest BCUT2D eigenvalue weighted by molar-refractivity contribution is -0.143. The number of amides is 1. The van der Waals surface area contributed by atoms with E-state index in [1.54, 1.807) is 20.8 Å². The van der Waals surface area contributed by atoms with Gasteiger partial charge in [-0.1, -0.05) is 0 Å². The lowest BCUT2D eigenvalue weighted by atomic mass is 9.99. The number of nitrogens with zero attached hydrogens (tertiary/aromatic N) is 2. The zero-order valence-corrected chi connectivity index (χ0v) is 15.0. The summed E-state index contributed by atoms with van der Waals surface area (Å²) in [6.07, 6.45) is -0.361. The third-order valence-electron chi connectivity index (χ3n) is 3.73. The number of carbonyl (C=O) groups is 2. The van der Waals surface area contributed by atoms with Gasteiger partial charge in [-0.05, 0) is 41.5 Å². The maximum Gasteiger partial charge on any atom is 0.411 e. The van der Waals surface area contributed by atoms with Crippen LogP contribution in [-0.2, 0) is 21.5 Å². The topological polar surface area (TPSA) is 105 Å². The van der Waals surface area contributed by atoms with E-state index in [2.05, 4.69) is 5.10 Å². The number of carboxylic acids is 1. The van der Waals surface area contributed by atoms with Gasteiger partial charge in [0.05, 0.1) is 11.1 Å². The summed E-state index contributed by atoms with van der Waals surface area (Å²) >= 11 is 0. The largest absolute Gasteiger partial charge is 0.479 e. The Morgan fingerprint density at radius 1 is 1.21 bits per heavy atom. The van der Waals surface area contributed by atoms with Crippen LogP contribution in [0.5, 0.6) is 0 Å². The number of carboxylic acid groups (broad SMARTS) is 1. The first kappa shape index (κ1) is 18.1. The lowest BCUT2D eigenvalue weighted by Gasteiger charge is -2.33. The predicted octanol–water partition coefficient (Wildman–Crippen LogP) is 1.85. The molecule has 2 N–H and O–H groups in total. The second kappa shape index (κ2) is 5.68. The Morgan fingerprint density at radius 3 is 2.25 bits per heavy atom. The van der Waals surface area contributed by atoms with Gasteiger partial charge in [-0.2, -0.15) is 0 Å². The molecular formula is C16H25N3O5. The zero-order valence-electron chi connectivity index (χ0n) is 15.0. The number of aromatic nitrogens is 2. The molecule has 0 spiro atoms. The van der Waals surface area contributed by atoms with E-state index >= 15 is 0 Å². The fourth-order valence-electron chi connectivity index (χ4n) is 2.73. The fourth-order valence-corrected chi connectivity index (χ4v) is 2.73. The normalized spacial score (nSPS) is 18.2. The van der Waals surface area contributed by atoms with E-state index in [-0.39, 0.29) is 12.1 Å². The van der Waals surface area contributed by atoms with Crippen LogP contribution in [0.4, 0.5) is 4.79 Å². The number of aromatic amines is 1. The van der Waals surface area contributed by atoms with Crippen molar-refractivity contribution in [2.24, 2.45) is 0 Å². The highest BCUT2D eigenvalue weighted by Crippen LogP contribution is 2.29. The van der Waals surface area contributed by atoms with Crippen molar-refractivity contribution in [2.45, 2.75) is 65.1 Å². The first-order valence-electron chi connectivity index (χ1n) is 7.89. The molecule has 1 aromatic rings. The molecule has 24 heavy (non-hydrogen) atoms. The van der Waals surface area contributed by atoms with E-state index in [1.807, 2.05) is 20.8 Å². The second-order valence-electron chi connectivity index (χ2n) is 7.98. The average Bonchev–Trinajstić information content (AvgIpc) is 2.73. The number of rotatable bonds is 1. The first-order chi connectivity index (χ1) is 10.8. The summed E-state index contributed by atoms with van der Waals surface area (Å²) in [5.74, 6) is -1.25. The molecule has 1 unspecified atom stereocenters. The second-order valence-corrected chi connectivity index (χ2v) is 7.98. The molecule has 0 saturated heterocycles. The van der Waals surface area contributed by atoms with Crippen molar-refractivity contribution >= 4 is 12.1 Å². The molecule has 134 valence electrons. The predicted molar refractivity (Wildman–Crippen MR) is 87.1 cm³/mol. The van der Waals surface area contributed by atoms with Gasteiger partial charge in [0.15, 0.2) is 6.04 Å². The van der Waals surface area contributed by atoms with Crippen LogP contribution in [0.3, 0.4) is 0 Å². The van der Waals surface area contributed by atoms with Crippen molar-refractivity contribution in [2.75, 3.05) is 6.54 Å². The molecule has 1 aliphatic heterocycles. The third kappa shape index (κ3) is 3.32. The molecule has 2 heterocycles. The molecule has 1 aromatic heterocycles. The third-order valence-corrected chi connectivity index (χ3v) is 3.73. The molecule has 0 radical (unpaired) electrons. The Hall–Kier alpha value is -2.25. The van der Waals surface area contributed by atoms with Crippen LogP contribution in [0.25, 0.3) is 0 Å². The minimum atomic E-state index is -1.35. The smallest absolute Gasteiger partial charge is 0.411 e. The van der Waals surface area contributed by atoms with Gasteiger partial charge < -0.3 is 9.84 Å². The van der Waals surface area contributed by atoms with Crippen LogP contribution >= 0.6 is 0 Å². The van der Waals surface area contributed by atoms with E-state index < -0.39 is 34.8 Å².